The second-order valence-electron chi connectivity index (χ2n) is 5.91. The molecular formula is C16H26N2. The molecular weight excluding hydrogens is 220 g/mol. The van der Waals surface area contributed by atoms with E-state index in [-0.39, 0.29) is 0 Å². The molecule has 0 aromatic heterocycles. The highest BCUT2D eigenvalue weighted by molar-refractivity contribution is 5.32. The predicted molar refractivity (Wildman–Crippen MR) is 77.7 cm³/mol. The van der Waals surface area contributed by atoms with Gasteiger partial charge in [0.1, 0.15) is 0 Å². The van der Waals surface area contributed by atoms with Crippen molar-refractivity contribution in [2.75, 3.05) is 6.54 Å². The Morgan fingerprint density at radius 2 is 2.06 bits per heavy atom. The summed E-state index contributed by atoms with van der Waals surface area (Å²) in [5.74, 6) is 0.862. The Morgan fingerprint density at radius 1 is 1.28 bits per heavy atom. The van der Waals surface area contributed by atoms with Crippen LogP contribution in [0.5, 0.6) is 0 Å². The van der Waals surface area contributed by atoms with Gasteiger partial charge < -0.3 is 11.1 Å². The summed E-state index contributed by atoms with van der Waals surface area (Å²) >= 11 is 0. The molecule has 0 bridgehead atoms. The van der Waals surface area contributed by atoms with Gasteiger partial charge in [-0.15, -0.1) is 0 Å². The molecule has 0 saturated heterocycles. The van der Waals surface area contributed by atoms with E-state index in [9.17, 15) is 0 Å². The Hall–Kier alpha value is -0.860. The van der Waals surface area contributed by atoms with Gasteiger partial charge in [0.15, 0.2) is 0 Å². The van der Waals surface area contributed by atoms with E-state index in [0.717, 1.165) is 5.92 Å². The SMILES string of the molecule is Cc1ccc(C(CN)NC2CCC(C)C2)cc1C. The predicted octanol–water partition coefficient (Wildman–Crippen LogP) is 3.08. The molecule has 1 saturated carbocycles. The lowest BCUT2D eigenvalue weighted by molar-refractivity contribution is 0.434. The van der Waals surface area contributed by atoms with Gasteiger partial charge in [-0.25, -0.2) is 0 Å². The molecule has 3 unspecified atom stereocenters. The normalized spacial score (nSPS) is 25.3. The molecule has 1 fully saturated rings. The van der Waals surface area contributed by atoms with Crippen LogP contribution in [0.4, 0.5) is 0 Å². The average Bonchev–Trinajstić information content (AvgIpc) is 2.75. The molecule has 3 N–H and O–H groups in total. The minimum Gasteiger partial charge on any atom is -0.329 e. The first-order valence-electron chi connectivity index (χ1n) is 7.13. The summed E-state index contributed by atoms with van der Waals surface area (Å²) in [5, 5.41) is 3.73. The van der Waals surface area contributed by atoms with Crippen LogP contribution in [0.25, 0.3) is 0 Å². The van der Waals surface area contributed by atoms with E-state index in [2.05, 4.69) is 44.3 Å². The Labute approximate surface area is 111 Å². The summed E-state index contributed by atoms with van der Waals surface area (Å²) in [5.41, 5.74) is 9.98. The minimum absolute atomic E-state index is 0.305. The van der Waals surface area contributed by atoms with Crippen molar-refractivity contribution in [1.82, 2.24) is 5.32 Å². The molecule has 2 nitrogen and oxygen atoms in total. The minimum atomic E-state index is 0.305. The van der Waals surface area contributed by atoms with E-state index >= 15 is 0 Å². The molecule has 1 aliphatic carbocycles. The first-order chi connectivity index (χ1) is 8.60. The highest BCUT2D eigenvalue weighted by atomic mass is 15.0. The molecule has 0 aliphatic heterocycles. The van der Waals surface area contributed by atoms with Gasteiger partial charge in [-0.2, -0.15) is 0 Å². The summed E-state index contributed by atoms with van der Waals surface area (Å²) in [6, 6.07) is 7.64. The van der Waals surface area contributed by atoms with Gasteiger partial charge >= 0.3 is 0 Å². The topological polar surface area (TPSA) is 38.0 Å². The number of hydrogen-bond acceptors (Lipinski definition) is 2. The number of hydrogen-bond donors (Lipinski definition) is 2. The zero-order valence-electron chi connectivity index (χ0n) is 11.9. The second-order valence-corrected chi connectivity index (χ2v) is 5.91. The molecule has 3 atom stereocenters. The Balaban J connectivity index is 2.05. The van der Waals surface area contributed by atoms with Crippen molar-refractivity contribution in [3.8, 4) is 0 Å². The third kappa shape index (κ3) is 3.12. The van der Waals surface area contributed by atoms with Crippen LogP contribution in [0, 0.1) is 19.8 Å². The lowest BCUT2D eigenvalue weighted by atomic mass is 10.00. The number of aryl methyl sites for hydroxylation is 2. The maximum Gasteiger partial charge on any atom is 0.0446 e. The van der Waals surface area contributed by atoms with E-state index < -0.39 is 0 Å². The van der Waals surface area contributed by atoms with E-state index in [4.69, 9.17) is 5.73 Å². The van der Waals surface area contributed by atoms with Gasteiger partial charge in [-0.1, -0.05) is 25.1 Å². The Bertz CT molecular complexity index is 400. The van der Waals surface area contributed by atoms with Crippen LogP contribution in [0.3, 0.4) is 0 Å². The lowest BCUT2D eigenvalue weighted by Crippen LogP contribution is -2.35. The Kier molecular flexibility index (Phi) is 4.41. The van der Waals surface area contributed by atoms with E-state index in [1.807, 2.05) is 0 Å². The zero-order valence-corrected chi connectivity index (χ0v) is 11.9. The second kappa shape index (κ2) is 5.85. The van der Waals surface area contributed by atoms with Crippen LogP contribution >= 0.6 is 0 Å². The number of nitrogens with two attached hydrogens (primary N) is 1. The van der Waals surface area contributed by atoms with Crippen molar-refractivity contribution in [1.29, 1.82) is 0 Å². The molecule has 2 rings (SSSR count). The maximum atomic E-state index is 5.94. The molecule has 18 heavy (non-hydrogen) atoms. The van der Waals surface area contributed by atoms with Gasteiger partial charge in [0.2, 0.25) is 0 Å². The van der Waals surface area contributed by atoms with E-state index in [0.29, 0.717) is 18.6 Å². The van der Waals surface area contributed by atoms with Crippen molar-refractivity contribution in [3.63, 3.8) is 0 Å². The summed E-state index contributed by atoms with van der Waals surface area (Å²) in [6.45, 7) is 7.34. The van der Waals surface area contributed by atoms with Crippen LogP contribution in [-0.2, 0) is 0 Å². The van der Waals surface area contributed by atoms with E-state index in [1.165, 1.54) is 36.0 Å². The van der Waals surface area contributed by atoms with Crippen molar-refractivity contribution < 1.29 is 0 Å². The van der Waals surface area contributed by atoms with Gasteiger partial charge in [0.05, 0.1) is 0 Å². The first-order valence-corrected chi connectivity index (χ1v) is 7.13. The summed E-state index contributed by atoms with van der Waals surface area (Å²) in [7, 11) is 0. The van der Waals surface area contributed by atoms with E-state index in [1.54, 1.807) is 0 Å². The fourth-order valence-corrected chi connectivity index (χ4v) is 2.92. The highest BCUT2D eigenvalue weighted by Gasteiger charge is 2.23. The molecule has 0 heterocycles. The van der Waals surface area contributed by atoms with Crippen molar-refractivity contribution >= 4 is 0 Å². The monoisotopic (exact) mass is 246 g/mol. The molecule has 0 spiro atoms. The molecule has 0 radical (unpaired) electrons. The lowest BCUT2D eigenvalue weighted by Gasteiger charge is -2.23. The molecule has 2 heteroatoms. The van der Waals surface area contributed by atoms with Crippen LogP contribution in [-0.4, -0.2) is 12.6 Å². The fraction of sp³-hybridized carbons (Fsp3) is 0.625. The summed E-state index contributed by atoms with van der Waals surface area (Å²) < 4.78 is 0. The largest absolute Gasteiger partial charge is 0.329 e. The van der Waals surface area contributed by atoms with Crippen LogP contribution in [0.1, 0.15) is 48.9 Å². The maximum absolute atomic E-state index is 5.94. The molecule has 1 aliphatic rings. The fourth-order valence-electron chi connectivity index (χ4n) is 2.92. The molecule has 0 amide bonds. The van der Waals surface area contributed by atoms with Gasteiger partial charge in [0.25, 0.3) is 0 Å². The average molecular weight is 246 g/mol. The van der Waals surface area contributed by atoms with Gasteiger partial charge in [0, 0.05) is 18.6 Å². The third-order valence-electron chi connectivity index (χ3n) is 4.30. The van der Waals surface area contributed by atoms with Crippen LogP contribution < -0.4 is 11.1 Å². The molecule has 1 aromatic carbocycles. The van der Waals surface area contributed by atoms with Crippen LogP contribution in [0.15, 0.2) is 18.2 Å². The number of nitrogens with one attached hydrogen (secondary N) is 1. The van der Waals surface area contributed by atoms with Crippen LogP contribution in [0.2, 0.25) is 0 Å². The summed E-state index contributed by atoms with van der Waals surface area (Å²) in [6.07, 6.45) is 3.94. The smallest absolute Gasteiger partial charge is 0.0446 e. The zero-order chi connectivity index (χ0) is 13.1. The summed E-state index contributed by atoms with van der Waals surface area (Å²) in [4.78, 5) is 0. The van der Waals surface area contributed by atoms with Crippen molar-refractivity contribution in [2.24, 2.45) is 11.7 Å². The third-order valence-corrected chi connectivity index (χ3v) is 4.30. The Morgan fingerprint density at radius 3 is 2.61 bits per heavy atom. The number of benzene rings is 1. The van der Waals surface area contributed by atoms with Gasteiger partial charge in [-0.05, 0) is 55.7 Å². The van der Waals surface area contributed by atoms with Crippen molar-refractivity contribution in [3.05, 3.63) is 34.9 Å². The highest BCUT2D eigenvalue weighted by Crippen LogP contribution is 2.27. The quantitative estimate of drug-likeness (QED) is 0.857. The van der Waals surface area contributed by atoms with Crippen molar-refractivity contribution in [2.45, 2.75) is 52.1 Å². The molecule has 100 valence electrons. The molecule has 1 aromatic rings. The van der Waals surface area contributed by atoms with Gasteiger partial charge in [-0.3, -0.25) is 0 Å². The first kappa shape index (κ1) is 13.6. The number of rotatable bonds is 4. The standard InChI is InChI=1S/C16H26N2/c1-11-4-7-15(8-11)18-16(10-17)14-6-5-12(2)13(3)9-14/h5-6,9,11,15-16,18H,4,7-8,10,17H2,1-3H3.